The molecule has 4 nitrogen and oxygen atoms in total. The fourth-order valence-electron chi connectivity index (χ4n) is 5.29. The SMILES string of the molecule is C[NH+](C)[C@H](C[NH2+]CC(=O)N(C1CCCCC1)C1CCCCC1)c1ccccc1. The Kier molecular flexibility index (Phi) is 8.35. The summed E-state index contributed by atoms with van der Waals surface area (Å²) in [4.78, 5) is 17.1. The van der Waals surface area contributed by atoms with Gasteiger partial charge in [-0.3, -0.25) is 4.79 Å². The maximum atomic E-state index is 13.3. The van der Waals surface area contributed by atoms with Gasteiger partial charge >= 0.3 is 0 Å². The molecule has 0 aliphatic heterocycles. The first-order valence-corrected chi connectivity index (χ1v) is 11.6. The van der Waals surface area contributed by atoms with Crippen molar-refractivity contribution >= 4 is 5.91 Å². The molecule has 2 aliphatic rings. The summed E-state index contributed by atoms with van der Waals surface area (Å²) in [5.41, 5.74) is 1.36. The van der Waals surface area contributed by atoms with E-state index in [1.165, 1.54) is 74.7 Å². The summed E-state index contributed by atoms with van der Waals surface area (Å²) >= 11 is 0. The zero-order valence-electron chi connectivity index (χ0n) is 18.0. The second kappa shape index (κ2) is 11.0. The zero-order chi connectivity index (χ0) is 19.8. The van der Waals surface area contributed by atoms with Crippen LogP contribution in [0.5, 0.6) is 0 Å². The largest absolute Gasteiger partial charge is 0.333 e. The highest BCUT2D eigenvalue weighted by Gasteiger charge is 2.33. The third kappa shape index (κ3) is 5.81. The van der Waals surface area contributed by atoms with Crippen molar-refractivity contribution in [2.75, 3.05) is 27.2 Å². The van der Waals surface area contributed by atoms with Crippen molar-refractivity contribution in [2.45, 2.75) is 82.3 Å². The van der Waals surface area contributed by atoms with Crippen molar-refractivity contribution in [1.82, 2.24) is 4.90 Å². The van der Waals surface area contributed by atoms with E-state index in [4.69, 9.17) is 0 Å². The van der Waals surface area contributed by atoms with Gasteiger partial charge in [-0.2, -0.15) is 0 Å². The molecule has 1 aromatic rings. The van der Waals surface area contributed by atoms with Gasteiger partial charge < -0.3 is 15.1 Å². The molecule has 2 saturated carbocycles. The monoisotopic (exact) mass is 387 g/mol. The Hall–Kier alpha value is -1.39. The number of hydrogen-bond donors (Lipinski definition) is 2. The summed E-state index contributed by atoms with van der Waals surface area (Å²) in [5.74, 6) is 0.388. The first-order valence-electron chi connectivity index (χ1n) is 11.6. The number of hydrogen-bond acceptors (Lipinski definition) is 1. The molecule has 0 radical (unpaired) electrons. The Labute approximate surface area is 171 Å². The van der Waals surface area contributed by atoms with E-state index in [-0.39, 0.29) is 0 Å². The minimum Gasteiger partial charge on any atom is -0.333 e. The molecule has 3 N–H and O–H groups in total. The van der Waals surface area contributed by atoms with Gasteiger partial charge in [0.1, 0.15) is 6.54 Å². The molecule has 0 saturated heterocycles. The van der Waals surface area contributed by atoms with Crippen molar-refractivity contribution in [3.05, 3.63) is 35.9 Å². The van der Waals surface area contributed by atoms with E-state index in [9.17, 15) is 4.79 Å². The van der Waals surface area contributed by atoms with Crippen LogP contribution in [0.3, 0.4) is 0 Å². The summed E-state index contributed by atoms with van der Waals surface area (Å²) in [6.45, 7) is 1.56. The molecular formula is C24H41N3O+2. The highest BCUT2D eigenvalue weighted by Crippen LogP contribution is 2.30. The molecule has 2 fully saturated rings. The average molecular weight is 388 g/mol. The van der Waals surface area contributed by atoms with Crippen molar-refractivity contribution in [2.24, 2.45) is 0 Å². The van der Waals surface area contributed by atoms with E-state index in [0.29, 0.717) is 30.6 Å². The molecule has 0 heterocycles. The number of likely N-dealkylation sites (N-methyl/N-ethyl adjacent to an activating group) is 1. The Balaban J connectivity index is 1.59. The number of nitrogens with two attached hydrogens (primary N) is 1. The standard InChI is InChI=1S/C24H39N3O/c1-26(2)23(20-12-6-3-7-13-20)18-25-19-24(28)27(21-14-8-4-9-15-21)22-16-10-5-11-17-22/h3,6-7,12-13,21-23,25H,4-5,8-11,14-19H2,1-2H3/p+2/t23-/m1/s1. The minimum atomic E-state index is 0.388. The molecule has 0 bridgehead atoms. The quantitative estimate of drug-likeness (QED) is 0.703. The van der Waals surface area contributed by atoms with Crippen LogP contribution in [-0.4, -0.2) is 50.1 Å². The van der Waals surface area contributed by atoms with Crippen molar-refractivity contribution in [3.8, 4) is 0 Å². The lowest BCUT2D eigenvalue weighted by Gasteiger charge is -2.41. The molecular weight excluding hydrogens is 346 g/mol. The lowest BCUT2D eigenvalue weighted by molar-refractivity contribution is -0.908. The Morgan fingerprint density at radius 1 is 0.964 bits per heavy atom. The third-order valence-corrected chi connectivity index (χ3v) is 6.84. The first-order chi connectivity index (χ1) is 13.7. The van der Waals surface area contributed by atoms with Crippen LogP contribution in [0.2, 0.25) is 0 Å². The second-order valence-corrected chi connectivity index (χ2v) is 9.15. The molecule has 1 aromatic carbocycles. The van der Waals surface area contributed by atoms with Gasteiger partial charge in [-0.25, -0.2) is 0 Å². The van der Waals surface area contributed by atoms with Gasteiger partial charge in [-0.15, -0.1) is 0 Å². The molecule has 2 aliphatic carbocycles. The van der Waals surface area contributed by atoms with Gasteiger partial charge in [0.25, 0.3) is 5.91 Å². The van der Waals surface area contributed by atoms with Crippen LogP contribution in [0.4, 0.5) is 0 Å². The minimum absolute atomic E-state index is 0.388. The number of carbonyl (C=O) groups excluding carboxylic acids is 1. The molecule has 4 heteroatoms. The Morgan fingerprint density at radius 2 is 1.50 bits per heavy atom. The van der Waals surface area contributed by atoms with Crippen LogP contribution in [0.1, 0.15) is 75.8 Å². The van der Waals surface area contributed by atoms with Crippen LogP contribution in [0, 0.1) is 0 Å². The second-order valence-electron chi connectivity index (χ2n) is 9.15. The topological polar surface area (TPSA) is 41.4 Å². The van der Waals surface area contributed by atoms with Crippen molar-refractivity contribution < 1.29 is 15.0 Å². The molecule has 3 rings (SSSR count). The zero-order valence-corrected chi connectivity index (χ0v) is 18.0. The molecule has 0 aromatic heterocycles. The van der Waals surface area contributed by atoms with Gasteiger partial charge in [-0.1, -0.05) is 68.9 Å². The van der Waals surface area contributed by atoms with Gasteiger partial charge in [0.05, 0.1) is 14.1 Å². The first kappa shape index (κ1) is 21.3. The fourth-order valence-corrected chi connectivity index (χ4v) is 5.29. The summed E-state index contributed by atoms with van der Waals surface area (Å²) in [5, 5.41) is 2.26. The van der Waals surface area contributed by atoms with Crippen LogP contribution in [0.25, 0.3) is 0 Å². The maximum absolute atomic E-state index is 13.3. The van der Waals surface area contributed by atoms with Crippen LogP contribution < -0.4 is 10.2 Å². The van der Waals surface area contributed by atoms with Gasteiger partial charge in [0, 0.05) is 17.6 Å². The number of carbonyl (C=O) groups is 1. The number of rotatable bonds is 8. The van der Waals surface area contributed by atoms with Gasteiger partial charge in [-0.05, 0) is 25.7 Å². The van der Waals surface area contributed by atoms with Crippen LogP contribution in [0.15, 0.2) is 30.3 Å². The molecule has 0 spiro atoms. The lowest BCUT2D eigenvalue weighted by Crippen LogP contribution is -3.09. The van der Waals surface area contributed by atoms with E-state index in [1.807, 2.05) is 0 Å². The van der Waals surface area contributed by atoms with E-state index < -0.39 is 0 Å². The summed E-state index contributed by atoms with van der Waals surface area (Å²) in [6, 6.07) is 12.2. The highest BCUT2D eigenvalue weighted by molar-refractivity contribution is 5.77. The van der Waals surface area contributed by atoms with E-state index in [0.717, 1.165) is 6.54 Å². The predicted molar refractivity (Wildman–Crippen MR) is 114 cm³/mol. The fraction of sp³-hybridized carbons (Fsp3) is 0.708. The van der Waals surface area contributed by atoms with Crippen LogP contribution >= 0.6 is 0 Å². The van der Waals surface area contributed by atoms with Crippen molar-refractivity contribution in [1.29, 1.82) is 0 Å². The number of nitrogens with zero attached hydrogens (tertiary/aromatic N) is 1. The number of benzene rings is 1. The van der Waals surface area contributed by atoms with E-state index >= 15 is 0 Å². The number of quaternary nitrogens is 2. The number of amides is 1. The maximum Gasteiger partial charge on any atom is 0.278 e. The Bertz CT molecular complexity index is 559. The summed E-state index contributed by atoms with van der Waals surface area (Å²) in [7, 11) is 4.42. The van der Waals surface area contributed by atoms with Crippen LogP contribution in [-0.2, 0) is 4.79 Å². The Morgan fingerprint density at radius 3 is 2.00 bits per heavy atom. The molecule has 28 heavy (non-hydrogen) atoms. The predicted octanol–water partition coefficient (Wildman–Crippen LogP) is 1.93. The highest BCUT2D eigenvalue weighted by atomic mass is 16.2. The lowest BCUT2D eigenvalue weighted by atomic mass is 9.88. The van der Waals surface area contributed by atoms with E-state index in [2.05, 4.69) is 54.6 Å². The van der Waals surface area contributed by atoms with Crippen molar-refractivity contribution in [3.63, 3.8) is 0 Å². The van der Waals surface area contributed by atoms with Gasteiger partial charge in [0.15, 0.2) is 12.6 Å². The molecule has 156 valence electrons. The van der Waals surface area contributed by atoms with Gasteiger partial charge in [0.2, 0.25) is 0 Å². The molecule has 1 amide bonds. The smallest absolute Gasteiger partial charge is 0.278 e. The summed E-state index contributed by atoms with van der Waals surface area (Å²) < 4.78 is 0. The normalized spacial score (nSPS) is 20.2. The third-order valence-electron chi connectivity index (χ3n) is 6.84. The number of nitrogens with one attached hydrogen (secondary N) is 1. The molecule has 1 atom stereocenters. The summed E-state index contributed by atoms with van der Waals surface area (Å²) in [6.07, 6.45) is 12.8. The average Bonchev–Trinajstić information content (AvgIpc) is 2.73. The van der Waals surface area contributed by atoms with E-state index in [1.54, 1.807) is 0 Å². The molecule has 0 unspecified atom stereocenters.